The van der Waals surface area contributed by atoms with Crippen molar-refractivity contribution in [1.82, 2.24) is 25.1 Å². The number of anilines is 1. The highest BCUT2D eigenvalue weighted by Crippen LogP contribution is 2.37. The number of likely N-dealkylation sites (N-methyl/N-ethyl adjacent to an activating group) is 1. The largest absolute Gasteiger partial charge is 0.489 e. The van der Waals surface area contributed by atoms with Crippen molar-refractivity contribution in [2.45, 2.75) is 12.6 Å². The van der Waals surface area contributed by atoms with Gasteiger partial charge in [-0.1, -0.05) is 30.3 Å². The number of aromatic nitrogens is 4. The number of hydrogen-bond acceptors (Lipinski definition) is 6. The molecule has 32 heavy (non-hydrogen) atoms. The average molecular weight is 428 g/mol. The highest BCUT2D eigenvalue weighted by molar-refractivity contribution is 6.09. The van der Waals surface area contributed by atoms with E-state index >= 15 is 0 Å². The summed E-state index contributed by atoms with van der Waals surface area (Å²) >= 11 is 0. The minimum atomic E-state index is -0.877. The third-order valence-electron chi connectivity index (χ3n) is 5.36. The first-order valence-corrected chi connectivity index (χ1v) is 10.1. The third-order valence-corrected chi connectivity index (χ3v) is 5.36. The van der Waals surface area contributed by atoms with Gasteiger partial charge in [-0.15, -0.1) is 5.10 Å². The van der Waals surface area contributed by atoms with Crippen LogP contribution in [-0.4, -0.2) is 51.3 Å². The van der Waals surface area contributed by atoms with Gasteiger partial charge in [0.25, 0.3) is 11.8 Å². The summed E-state index contributed by atoms with van der Waals surface area (Å²) in [6.07, 6.45) is 4.90. The number of pyridine rings is 1. The molecule has 0 saturated heterocycles. The lowest BCUT2D eigenvalue weighted by Crippen LogP contribution is -2.49. The minimum Gasteiger partial charge on any atom is -0.489 e. The van der Waals surface area contributed by atoms with Crippen LogP contribution in [0.1, 0.15) is 16.2 Å². The van der Waals surface area contributed by atoms with Gasteiger partial charge < -0.3 is 15.0 Å². The van der Waals surface area contributed by atoms with Crippen LogP contribution in [-0.2, 0) is 11.3 Å². The van der Waals surface area contributed by atoms with E-state index in [1.807, 2.05) is 42.5 Å². The summed E-state index contributed by atoms with van der Waals surface area (Å²) in [5.41, 5.74) is 1.69. The zero-order valence-corrected chi connectivity index (χ0v) is 17.3. The Labute approximate surface area is 183 Å². The molecule has 2 aromatic heterocycles. The maximum atomic E-state index is 13.1. The molecule has 0 radical (unpaired) electrons. The molecule has 9 heteroatoms. The standard InChI is InChI=1S/C23H20N6O3/c1-28-20-17-9-10-24-11-16(17)7-8-19(20)32-13-18(23(28)31)26-22(30)21-25-14-29(27-21)12-15-5-3-2-4-6-15/h2-11,14,18H,12-13H2,1H3,(H,26,30)/t18-/m0/s1. The number of amides is 2. The van der Waals surface area contributed by atoms with Crippen molar-refractivity contribution < 1.29 is 14.3 Å². The Kier molecular flexibility index (Phi) is 4.98. The maximum Gasteiger partial charge on any atom is 0.291 e. The van der Waals surface area contributed by atoms with Gasteiger partial charge in [-0.25, -0.2) is 9.67 Å². The molecule has 1 aliphatic rings. The summed E-state index contributed by atoms with van der Waals surface area (Å²) in [4.78, 5) is 35.6. The molecule has 4 aromatic rings. The predicted molar refractivity (Wildman–Crippen MR) is 117 cm³/mol. The fourth-order valence-electron chi connectivity index (χ4n) is 3.75. The predicted octanol–water partition coefficient (Wildman–Crippen LogP) is 2.03. The van der Waals surface area contributed by atoms with Gasteiger partial charge in [0.2, 0.25) is 5.82 Å². The van der Waals surface area contributed by atoms with Crippen LogP contribution >= 0.6 is 0 Å². The van der Waals surface area contributed by atoms with Crippen LogP contribution in [0.25, 0.3) is 10.8 Å². The van der Waals surface area contributed by atoms with Crippen molar-refractivity contribution in [3.05, 3.63) is 78.6 Å². The fraction of sp³-hybridized carbons (Fsp3) is 0.174. The Hall–Kier alpha value is -4.27. The number of carbonyl (C=O) groups is 2. The second-order valence-electron chi connectivity index (χ2n) is 7.49. The van der Waals surface area contributed by atoms with E-state index in [0.717, 1.165) is 16.3 Å². The molecule has 0 aliphatic carbocycles. The number of fused-ring (bicyclic) bond motifs is 3. The molecule has 5 rings (SSSR count). The van der Waals surface area contributed by atoms with Gasteiger partial charge in [-0.2, -0.15) is 0 Å². The number of benzene rings is 2. The first-order valence-electron chi connectivity index (χ1n) is 10.1. The van der Waals surface area contributed by atoms with Gasteiger partial charge in [0, 0.05) is 30.2 Å². The summed E-state index contributed by atoms with van der Waals surface area (Å²) in [5, 5.41) is 8.69. The van der Waals surface area contributed by atoms with Crippen LogP contribution in [0.15, 0.2) is 67.3 Å². The second kappa shape index (κ2) is 8.10. The smallest absolute Gasteiger partial charge is 0.291 e. The summed E-state index contributed by atoms with van der Waals surface area (Å²) in [5.74, 6) is -0.256. The van der Waals surface area contributed by atoms with Crippen molar-refractivity contribution in [3.63, 3.8) is 0 Å². The van der Waals surface area contributed by atoms with Gasteiger partial charge in [-0.3, -0.25) is 14.6 Å². The van der Waals surface area contributed by atoms with E-state index < -0.39 is 11.9 Å². The van der Waals surface area contributed by atoms with E-state index in [1.54, 1.807) is 30.2 Å². The van der Waals surface area contributed by atoms with Crippen LogP contribution in [0, 0.1) is 0 Å². The van der Waals surface area contributed by atoms with Crippen LogP contribution in [0.4, 0.5) is 5.69 Å². The number of hydrogen-bond donors (Lipinski definition) is 1. The van der Waals surface area contributed by atoms with Gasteiger partial charge in [-0.05, 0) is 23.8 Å². The molecule has 2 amide bonds. The molecule has 0 saturated carbocycles. The summed E-state index contributed by atoms with van der Waals surface area (Å²) in [6, 6.07) is 14.4. The molecule has 2 aromatic carbocycles. The number of rotatable bonds is 4. The van der Waals surface area contributed by atoms with Crippen molar-refractivity contribution in [2.75, 3.05) is 18.6 Å². The number of nitrogens with one attached hydrogen (secondary N) is 1. The average Bonchev–Trinajstić information content (AvgIpc) is 3.25. The molecular weight excluding hydrogens is 408 g/mol. The molecule has 3 heterocycles. The molecule has 0 bridgehead atoms. The van der Waals surface area contributed by atoms with E-state index in [0.29, 0.717) is 18.0 Å². The summed E-state index contributed by atoms with van der Waals surface area (Å²) in [6.45, 7) is 0.496. The van der Waals surface area contributed by atoms with Crippen molar-refractivity contribution in [3.8, 4) is 5.75 Å². The SMILES string of the molecule is CN1C(=O)[C@@H](NC(=O)c2ncn(Cc3ccccc3)n2)COc2ccc3cnccc3c21. The lowest BCUT2D eigenvalue weighted by molar-refractivity contribution is -0.120. The molecule has 1 N–H and O–H groups in total. The molecule has 0 unspecified atom stereocenters. The Morgan fingerprint density at radius 3 is 2.88 bits per heavy atom. The van der Waals surface area contributed by atoms with E-state index in [-0.39, 0.29) is 18.3 Å². The molecule has 0 fully saturated rings. The van der Waals surface area contributed by atoms with Crippen molar-refractivity contribution >= 4 is 28.3 Å². The first-order chi connectivity index (χ1) is 15.6. The second-order valence-corrected chi connectivity index (χ2v) is 7.49. The van der Waals surface area contributed by atoms with Gasteiger partial charge in [0.1, 0.15) is 24.7 Å². The molecule has 1 aliphatic heterocycles. The van der Waals surface area contributed by atoms with Gasteiger partial charge in [0.05, 0.1) is 12.2 Å². The lowest BCUT2D eigenvalue weighted by atomic mass is 10.1. The number of carbonyl (C=O) groups excluding carboxylic acids is 2. The molecule has 9 nitrogen and oxygen atoms in total. The zero-order chi connectivity index (χ0) is 22.1. The highest BCUT2D eigenvalue weighted by Gasteiger charge is 2.32. The lowest BCUT2D eigenvalue weighted by Gasteiger charge is -2.21. The Balaban J connectivity index is 1.33. The van der Waals surface area contributed by atoms with Crippen LogP contribution in [0.2, 0.25) is 0 Å². The van der Waals surface area contributed by atoms with Crippen LogP contribution in [0.3, 0.4) is 0 Å². The quantitative estimate of drug-likeness (QED) is 0.534. The van der Waals surface area contributed by atoms with Gasteiger partial charge in [0.15, 0.2) is 0 Å². The Morgan fingerprint density at radius 2 is 2.03 bits per heavy atom. The molecule has 0 spiro atoms. The highest BCUT2D eigenvalue weighted by atomic mass is 16.5. The van der Waals surface area contributed by atoms with Gasteiger partial charge >= 0.3 is 0 Å². The normalized spacial score (nSPS) is 15.7. The summed E-state index contributed by atoms with van der Waals surface area (Å²) < 4.78 is 7.47. The number of ether oxygens (including phenoxy) is 1. The van der Waals surface area contributed by atoms with Crippen LogP contribution < -0.4 is 15.0 Å². The topological polar surface area (TPSA) is 102 Å². The maximum absolute atomic E-state index is 13.1. The zero-order valence-electron chi connectivity index (χ0n) is 17.3. The van der Waals surface area contributed by atoms with Crippen molar-refractivity contribution in [2.24, 2.45) is 0 Å². The van der Waals surface area contributed by atoms with Crippen molar-refractivity contribution in [1.29, 1.82) is 0 Å². The third kappa shape index (κ3) is 3.64. The Bertz CT molecular complexity index is 1300. The fourth-order valence-corrected chi connectivity index (χ4v) is 3.75. The number of nitrogens with zero attached hydrogens (tertiary/aromatic N) is 5. The molecular formula is C23H20N6O3. The van der Waals surface area contributed by atoms with E-state index in [2.05, 4.69) is 20.4 Å². The van der Waals surface area contributed by atoms with Crippen LogP contribution in [0.5, 0.6) is 5.75 Å². The summed E-state index contributed by atoms with van der Waals surface area (Å²) in [7, 11) is 1.67. The molecule has 160 valence electrons. The minimum absolute atomic E-state index is 0.00320. The monoisotopic (exact) mass is 428 g/mol. The molecule has 1 atom stereocenters. The van der Waals surface area contributed by atoms with E-state index in [4.69, 9.17) is 4.74 Å². The van der Waals surface area contributed by atoms with E-state index in [1.165, 1.54) is 11.2 Å². The first kappa shape index (κ1) is 19.7. The van der Waals surface area contributed by atoms with E-state index in [9.17, 15) is 9.59 Å². The Morgan fingerprint density at radius 1 is 1.19 bits per heavy atom.